The van der Waals surface area contributed by atoms with Crippen LogP contribution in [-0.4, -0.2) is 37.8 Å². The number of rotatable bonds is 4. The van der Waals surface area contributed by atoms with Crippen LogP contribution in [0.3, 0.4) is 0 Å². The third-order valence-electron chi connectivity index (χ3n) is 4.18. The van der Waals surface area contributed by atoms with E-state index in [9.17, 15) is 32.7 Å². The van der Waals surface area contributed by atoms with E-state index in [0.717, 1.165) is 16.8 Å². The van der Waals surface area contributed by atoms with Crippen LogP contribution in [0.4, 0.5) is 13.2 Å². The highest BCUT2D eigenvalue weighted by atomic mass is 35.5. The van der Waals surface area contributed by atoms with Crippen molar-refractivity contribution in [2.75, 3.05) is 0 Å². The molecule has 1 atom stereocenters. The van der Waals surface area contributed by atoms with Crippen molar-refractivity contribution in [1.29, 1.82) is 0 Å². The molecule has 0 saturated heterocycles. The number of nitrogens with zero attached hydrogens (tertiary/aromatic N) is 2. The minimum atomic E-state index is -4.72. The number of hydrogen-bond acceptors (Lipinski definition) is 7. The van der Waals surface area contributed by atoms with Crippen LogP contribution >= 0.6 is 22.9 Å². The first-order valence-electron chi connectivity index (χ1n) is 7.96. The van der Waals surface area contributed by atoms with E-state index in [4.69, 9.17) is 22.4 Å². The van der Waals surface area contributed by atoms with Crippen molar-refractivity contribution in [3.05, 3.63) is 44.7 Å². The molecule has 4 N–H and O–H groups in total. The first-order valence-corrected chi connectivity index (χ1v) is 9.16. The van der Waals surface area contributed by atoms with Crippen LogP contribution in [0.2, 0.25) is 5.02 Å². The normalized spacial score (nSPS) is 12.9. The highest BCUT2D eigenvalue weighted by Gasteiger charge is 2.35. The fraction of sp³-hybridized carbons (Fsp3) is 0.176. The van der Waals surface area contributed by atoms with Crippen LogP contribution in [0.5, 0.6) is 5.06 Å². The van der Waals surface area contributed by atoms with Crippen LogP contribution in [0.25, 0.3) is 21.3 Å². The molecular formula is C17H11ClF3N3O5S. The van der Waals surface area contributed by atoms with E-state index in [1.54, 1.807) is 0 Å². The summed E-state index contributed by atoms with van der Waals surface area (Å²) in [6.07, 6.45) is -4.72. The van der Waals surface area contributed by atoms with E-state index in [-0.39, 0.29) is 26.4 Å². The lowest BCUT2D eigenvalue weighted by Crippen LogP contribution is -2.40. The number of Topliss-reactive ketones (excluding diaryl/α,β-unsaturated/α-hetero) is 1. The van der Waals surface area contributed by atoms with Crippen LogP contribution in [-0.2, 0) is 18.0 Å². The average Bonchev–Trinajstić information content (AvgIpc) is 3.03. The van der Waals surface area contributed by atoms with Gasteiger partial charge in [0.15, 0.2) is 22.6 Å². The van der Waals surface area contributed by atoms with Gasteiger partial charge in [-0.3, -0.25) is 19.1 Å². The molecule has 1 aromatic carbocycles. The zero-order valence-corrected chi connectivity index (χ0v) is 16.4. The van der Waals surface area contributed by atoms with E-state index in [2.05, 4.69) is 5.10 Å². The fourth-order valence-corrected chi connectivity index (χ4v) is 4.03. The van der Waals surface area contributed by atoms with E-state index in [1.165, 1.54) is 13.1 Å². The van der Waals surface area contributed by atoms with Crippen LogP contribution in [0, 0.1) is 0 Å². The third-order valence-corrected chi connectivity index (χ3v) is 5.44. The van der Waals surface area contributed by atoms with Crippen molar-refractivity contribution in [2.24, 2.45) is 12.8 Å². The second-order valence-electron chi connectivity index (χ2n) is 6.16. The molecule has 0 spiro atoms. The second kappa shape index (κ2) is 7.38. The topological polar surface area (TPSA) is 136 Å². The third kappa shape index (κ3) is 3.64. The zero-order chi connectivity index (χ0) is 22.5. The molecule has 3 aromatic rings. The fourth-order valence-electron chi connectivity index (χ4n) is 2.78. The van der Waals surface area contributed by atoms with Crippen molar-refractivity contribution >= 4 is 44.8 Å². The van der Waals surface area contributed by atoms with Crippen LogP contribution in [0.1, 0.15) is 16.1 Å². The molecule has 30 heavy (non-hydrogen) atoms. The molecule has 0 aliphatic heterocycles. The summed E-state index contributed by atoms with van der Waals surface area (Å²) in [6.45, 7) is 0. The molecule has 2 heterocycles. The minimum Gasteiger partial charge on any atom is -0.499 e. The molecule has 0 aliphatic carbocycles. The van der Waals surface area contributed by atoms with E-state index < -0.39 is 45.7 Å². The Balaban J connectivity index is 2.33. The molecule has 0 fully saturated rings. The number of hydrogen-bond donors (Lipinski definition) is 3. The number of aliphatic carboxylic acids is 1. The Hall–Kier alpha value is -2.96. The molecule has 13 heteroatoms. The molecule has 3 rings (SSSR count). The number of carboxylic acid groups (broad SMARTS) is 1. The van der Waals surface area contributed by atoms with Gasteiger partial charge in [-0.05, 0) is 18.2 Å². The quantitative estimate of drug-likeness (QED) is 0.401. The van der Waals surface area contributed by atoms with Gasteiger partial charge in [-0.2, -0.15) is 18.3 Å². The molecule has 0 radical (unpaired) electrons. The predicted molar refractivity (Wildman–Crippen MR) is 102 cm³/mol. The monoisotopic (exact) mass is 461 g/mol. The van der Waals surface area contributed by atoms with Crippen molar-refractivity contribution in [2.45, 2.75) is 12.2 Å². The Bertz CT molecular complexity index is 1270. The zero-order valence-electron chi connectivity index (χ0n) is 14.8. The molecular weight excluding hydrogens is 451 g/mol. The number of aryl methyl sites for hydroxylation is 1. The molecule has 0 aliphatic rings. The highest BCUT2D eigenvalue weighted by molar-refractivity contribution is 7.20. The first kappa shape index (κ1) is 21.7. The van der Waals surface area contributed by atoms with Gasteiger partial charge in [0.25, 0.3) is 0 Å². The number of nitrogens with two attached hydrogens (primary N) is 1. The standard InChI is InChI=1S/C17H11ClF3N3O5S/c1-24-8(4-9(23-24)17(19,20)21)6-2-5(18)3-7-12(25)10(16(29)30-14(6)7)13(26)11(22)15(27)28/h2-4,11,29H,22H2,1H3,(H,27,28). The van der Waals surface area contributed by atoms with Gasteiger partial charge in [0.1, 0.15) is 5.56 Å². The number of carbonyl (C=O) groups is 2. The first-order chi connectivity index (χ1) is 13.8. The molecule has 158 valence electrons. The Kier molecular flexibility index (Phi) is 5.35. The van der Waals surface area contributed by atoms with E-state index >= 15 is 0 Å². The molecule has 0 bridgehead atoms. The SMILES string of the molecule is Cn1nc(C(F)(F)F)cc1-c1cc(Cl)cc2c(=O)c(C(=O)C(N)C(=O)O)c(O)sc12. The van der Waals surface area contributed by atoms with Gasteiger partial charge in [0.05, 0.1) is 10.4 Å². The summed E-state index contributed by atoms with van der Waals surface area (Å²) in [7, 11) is 1.25. The largest absolute Gasteiger partial charge is 0.499 e. The minimum absolute atomic E-state index is 0.0269. The lowest BCUT2D eigenvalue weighted by Gasteiger charge is -2.11. The number of carbonyl (C=O) groups excluding carboxylic acids is 1. The second-order valence-corrected chi connectivity index (χ2v) is 7.59. The van der Waals surface area contributed by atoms with Crippen molar-refractivity contribution in [3.63, 3.8) is 0 Å². The Labute approximate surface area is 173 Å². The van der Waals surface area contributed by atoms with Gasteiger partial charge in [-0.25, -0.2) is 0 Å². The number of aromatic hydroxyl groups is 1. The number of ketones is 1. The highest BCUT2D eigenvalue weighted by Crippen LogP contribution is 2.39. The van der Waals surface area contributed by atoms with Gasteiger partial charge in [0.2, 0.25) is 5.43 Å². The predicted octanol–water partition coefficient (Wildman–Crippen LogP) is 2.63. The van der Waals surface area contributed by atoms with Gasteiger partial charge in [-0.1, -0.05) is 22.9 Å². The summed E-state index contributed by atoms with van der Waals surface area (Å²) < 4.78 is 40.0. The van der Waals surface area contributed by atoms with Gasteiger partial charge in [-0.15, -0.1) is 0 Å². The Morgan fingerprint density at radius 1 is 1.30 bits per heavy atom. The molecule has 0 saturated carbocycles. The Morgan fingerprint density at radius 2 is 1.93 bits per heavy atom. The Morgan fingerprint density at radius 3 is 2.47 bits per heavy atom. The maximum absolute atomic E-state index is 13.0. The lowest BCUT2D eigenvalue weighted by molar-refractivity contribution is -0.141. The summed E-state index contributed by atoms with van der Waals surface area (Å²) in [4.78, 5) is 36.0. The van der Waals surface area contributed by atoms with Gasteiger partial charge >= 0.3 is 12.1 Å². The van der Waals surface area contributed by atoms with Crippen LogP contribution < -0.4 is 11.2 Å². The molecule has 0 amide bonds. The van der Waals surface area contributed by atoms with E-state index in [1.807, 2.05) is 0 Å². The van der Waals surface area contributed by atoms with Crippen molar-refractivity contribution in [3.8, 4) is 16.3 Å². The van der Waals surface area contributed by atoms with Gasteiger partial charge in [0, 0.05) is 23.0 Å². The number of aromatic nitrogens is 2. The van der Waals surface area contributed by atoms with E-state index in [0.29, 0.717) is 11.3 Å². The average molecular weight is 462 g/mol. The smallest absolute Gasteiger partial charge is 0.435 e. The molecule has 2 aromatic heterocycles. The summed E-state index contributed by atoms with van der Waals surface area (Å²) in [5, 5.41) is 21.5. The summed E-state index contributed by atoms with van der Waals surface area (Å²) in [5.41, 5.74) is 2.19. The maximum atomic E-state index is 13.0. The number of halogens is 4. The van der Waals surface area contributed by atoms with Crippen molar-refractivity contribution in [1.82, 2.24) is 9.78 Å². The molecule has 1 unspecified atom stereocenters. The summed E-state index contributed by atoms with van der Waals surface area (Å²) in [6, 6.07) is 1.10. The maximum Gasteiger partial charge on any atom is 0.435 e. The van der Waals surface area contributed by atoms with Gasteiger partial charge < -0.3 is 15.9 Å². The van der Waals surface area contributed by atoms with Crippen LogP contribution in [0.15, 0.2) is 23.0 Å². The summed E-state index contributed by atoms with van der Waals surface area (Å²) in [5.74, 6) is -3.02. The molecule has 8 nitrogen and oxygen atoms in total. The number of benzene rings is 1. The number of fused-ring (bicyclic) bond motifs is 1. The number of alkyl halides is 3. The van der Waals surface area contributed by atoms with Crippen molar-refractivity contribution < 1.29 is 33.0 Å². The number of carboxylic acids is 1. The lowest BCUT2D eigenvalue weighted by atomic mass is 10.0. The summed E-state index contributed by atoms with van der Waals surface area (Å²) >= 11 is 6.53.